The molecular weight excluding hydrogens is 300 g/mol. The third-order valence-electron chi connectivity index (χ3n) is 5.81. The summed E-state index contributed by atoms with van der Waals surface area (Å²) < 4.78 is 5.74. The number of hydrogen-bond acceptors (Lipinski definition) is 3. The van der Waals surface area contributed by atoms with Crippen LogP contribution < -0.4 is 0 Å². The van der Waals surface area contributed by atoms with Gasteiger partial charge in [0, 0.05) is 30.1 Å². The van der Waals surface area contributed by atoms with Crippen molar-refractivity contribution in [3.8, 4) is 5.75 Å². The molecule has 0 saturated carbocycles. The maximum Gasteiger partial charge on any atom is 0.167 e. The van der Waals surface area contributed by atoms with Gasteiger partial charge in [-0.25, -0.2) is 0 Å². The van der Waals surface area contributed by atoms with Gasteiger partial charge >= 0.3 is 0 Å². The largest absolute Gasteiger partial charge is 0.507 e. The van der Waals surface area contributed by atoms with E-state index < -0.39 is 0 Å². The quantitative estimate of drug-likeness (QED) is 0.916. The minimum atomic E-state index is -0.103. The molecule has 0 saturated heterocycles. The van der Waals surface area contributed by atoms with Gasteiger partial charge in [0.15, 0.2) is 5.78 Å². The molecule has 0 amide bonds. The smallest absolute Gasteiger partial charge is 0.167 e. The number of methoxy groups -OCH3 is 1. The van der Waals surface area contributed by atoms with Gasteiger partial charge in [-0.2, -0.15) is 0 Å². The van der Waals surface area contributed by atoms with Gasteiger partial charge in [-0.15, -0.1) is 0 Å². The van der Waals surface area contributed by atoms with E-state index in [0.717, 1.165) is 35.1 Å². The van der Waals surface area contributed by atoms with Crippen molar-refractivity contribution in [2.75, 3.05) is 7.11 Å². The number of phenols is 1. The van der Waals surface area contributed by atoms with Crippen LogP contribution in [0, 0.1) is 19.8 Å². The molecule has 2 aromatic carbocycles. The summed E-state index contributed by atoms with van der Waals surface area (Å²) in [7, 11) is 1.73. The van der Waals surface area contributed by atoms with Crippen LogP contribution in [-0.2, 0) is 17.6 Å². The molecule has 0 fully saturated rings. The molecule has 24 heavy (non-hydrogen) atoms. The minimum absolute atomic E-state index is 0.0423. The Morgan fingerprint density at radius 1 is 1.12 bits per heavy atom. The predicted octanol–water partition coefficient (Wildman–Crippen LogP) is 3.72. The van der Waals surface area contributed by atoms with E-state index in [1.807, 2.05) is 32.0 Å². The van der Waals surface area contributed by atoms with E-state index in [1.54, 1.807) is 7.11 Å². The molecule has 1 N–H and O–H groups in total. The van der Waals surface area contributed by atoms with Gasteiger partial charge in [-0.3, -0.25) is 4.79 Å². The van der Waals surface area contributed by atoms with Crippen molar-refractivity contribution in [2.45, 2.75) is 38.7 Å². The Labute approximate surface area is 142 Å². The van der Waals surface area contributed by atoms with Crippen molar-refractivity contribution in [1.82, 2.24) is 0 Å². The lowest BCUT2D eigenvalue weighted by Gasteiger charge is -2.24. The molecule has 0 spiro atoms. The normalized spacial score (nSPS) is 25.0. The number of fused-ring (bicyclic) bond motifs is 2. The number of hydrogen-bond donors (Lipinski definition) is 1. The minimum Gasteiger partial charge on any atom is -0.507 e. The van der Waals surface area contributed by atoms with Crippen molar-refractivity contribution in [1.29, 1.82) is 0 Å². The van der Waals surface area contributed by atoms with E-state index in [0.29, 0.717) is 0 Å². The first kappa shape index (κ1) is 15.4. The van der Waals surface area contributed by atoms with Crippen molar-refractivity contribution in [3.05, 3.63) is 63.7 Å². The van der Waals surface area contributed by atoms with Gasteiger partial charge in [0.25, 0.3) is 0 Å². The van der Waals surface area contributed by atoms with Crippen LogP contribution in [0.1, 0.15) is 44.1 Å². The second kappa shape index (κ2) is 5.45. The monoisotopic (exact) mass is 322 g/mol. The highest BCUT2D eigenvalue weighted by molar-refractivity contribution is 6.04. The summed E-state index contributed by atoms with van der Waals surface area (Å²) in [6, 6.07) is 10.3. The molecule has 0 radical (unpaired) electrons. The van der Waals surface area contributed by atoms with Crippen molar-refractivity contribution in [3.63, 3.8) is 0 Å². The van der Waals surface area contributed by atoms with Crippen LogP contribution in [-0.4, -0.2) is 24.1 Å². The third kappa shape index (κ3) is 2.04. The molecule has 0 aliphatic heterocycles. The molecule has 3 heteroatoms. The van der Waals surface area contributed by atoms with Crippen LogP contribution in [0.5, 0.6) is 5.75 Å². The summed E-state index contributed by atoms with van der Waals surface area (Å²) in [6.07, 6.45) is 1.64. The highest BCUT2D eigenvalue weighted by atomic mass is 16.5. The Kier molecular flexibility index (Phi) is 3.50. The number of ketones is 1. The Bertz CT molecular complexity index is 837. The molecule has 0 heterocycles. The summed E-state index contributed by atoms with van der Waals surface area (Å²) in [4.78, 5) is 13.2. The average molecular weight is 322 g/mol. The summed E-state index contributed by atoms with van der Waals surface area (Å²) in [6.45, 7) is 3.74. The summed E-state index contributed by atoms with van der Waals surface area (Å²) in [5, 5.41) is 10.2. The fraction of sp³-hybridized carbons (Fsp3) is 0.381. The second-order valence-electron chi connectivity index (χ2n) is 7.08. The average Bonchev–Trinajstić information content (AvgIpc) is 3.10. The van der Waals surface area contributed by atoms with Crippen molar-refractivity contribution in [2.24, 2.45) is 5.92 Å². The number of rotatable bonds is 2. The van der Waals surface area contributed by atoms with E-state index in [2.05, 4.69) is 12.1 Å². The van der Waals surface area contributed by atoms with E-state index in [4.69, 9.17) is 4.74 Å². The highest BCUT2D eigenvalue weighted by Crippen LogP contribution is 2.47. The van der Waals surface area contributed by atoms with E-state index in [9.17, 15) is 9.90 Å². The predicted molar refractivity (Wildman–Crippen MR) is 92.8 cm³/mol. The fourth-order valence-corrected chi connectivity index (χ4v) is 4.66. The first-order valence-corrected chi connectivity index (χ1v) is 8.49. The zero-order chi connectivity index (χ0) is 17.0. The number of benzene rings is 2. The van der Waals surface area contributed by atoms with Crippen LogP contribution >= 0.6 is 0 Å². The third-order valence-corrected chi connectivity index (χ3v) is 5.81. The molecule has 124 valence electrons. The number of aromatic hydroxyl groups is 1. The summed E-state index contributed by atoms with van der Waals surface area (Å²) >= 11 is 0. The molecule has 3 atom stereocenters. The zero-order valence-electron chi connectivity index (χ0n) is 14.3. The first-order valence-electron chi connectivity index (χ1n) is 8.49. The molecule has 3 nitrogen and oxygen atoms in total. The number of phenolic OH excluding ortho intramolecular Hbond substituents is 1. The van der Waals surface area contributed by atoms with Gasteiger partial charge in [0.1, 0.15) is 5.75 Å². The number of Topliss-reactive ketones (excluding diaryl/α,β-unsaturated/α-hetero) is 1. The van der Waals surface area contributed by atoms with Crippen LogP contribution in [0.15, 0.2) is 30.3 Å². The zero-order valence-corrected chi connectivity index (χ0v) is 14.3. The number of carbonyl (C=O) groups is 1. The van der Waals surface area contributed by atoms with Crippen molar-refractivity contribution < 1.29 is 14.6 Å². The SMILES string of the molecule is COC1Cc2ccccc2C1C1Cc2cc(C)c(O)c(C)c2C1=O. The van der Waals surface area contributed by atoms with E-state index >= 15 is 0 Å². The Morgan fingerprint density at radius 2 is 1.88 bits per heavy atom. The molecular formula is C21H22O3. The lowest BCUT2D eigenvalue weighted by molar-refractivity contribution is 0.0621. The Balaban J connectivity index is 1.79. The number of carbonyl (C=O) groups excluding carboxylic acids is 1. The standard InChI is InChI=1S/C21H22O3/c1-11-8-14-9-16(21(23)18(14)12(2)20(11)22)19-15-7-5-4-6-13(15)10-17(19)24-3/h4-8,16-17,19,22H,9-10H2,1-3H3. The maximum absolute atomic E-state index is 13.2. The van der Waals surface area contributed by atoms with Crippen LogP contribution in [0.4, 0.5) is 0 Å². The molecule has 2 aliphatic carbocycles. The topological polar surface area (TPSA) is 46.5 Å². The molecule has 0 aromatic heterocycles. The first-order chi connectivity index (χ1) is 11.5. The highest BCUT2D eigenvalue weighted by Gasteiger charge is 2.45. The van der Waals surface area contributed by atoms with Crippen LogP contribution in [0.3, 0.4) is 0 Å². The van der Waals surface area contributed by atoms with Gasteiger partial charge in [0.2, 0.25) is 0 Å². The molecule has 3 unspecified atom stereocenters. The lowest BCUT2D eigenvalue weighted by Crippen LogP contribution is -2.28. The summed E-state index contributed by atoms with van der Waals surface area (Å²) in [5.74, 6) is 0.390. The number of aryl methyl sites for hydroxylation is 1. The Hall–Kier alpha value is -2.13. The van der Waals surface area contributed by atoms with Gasteiger partial charge in [-0.1, -0.05) is 30.3 Å². The second-order valence-corrected chi connectivity index (χ2v) is 7.08. The van der Waals surface area contributed by atoms with Crippen LogP contribution in [0.25, 0.3) is 0 Å². The van der Waals surface area contributed by atoms with Gasteiger partial charge < -0.3 is 9.84 Å². The molecule has 4 rings (SSSR count). The molecule has 0 bridgehead atoms. The number of ether oxygens (including phenoxy) is 1. The van der Waals surface area contributed by atoms with E-state index in [-0.39, 0.29) is 29.5 Å². The van der Waals surface area contributed by atoms with Crippen LogP contribution in [0.2, 0.25) is 0 Å². The Morgan fingerprint density at radius 3 is 2.62 bits per heavy atom. The lowest BCUT2D eigenvalue weighted by atomic mass is 9.83. The molecule has 2 aliphatic rings. The van der Waals surface area contributed by atoms with Crippen molar-refractivity contribution >= 4 is 5.78 Å². The van der Waals surface area contributed by atoms with Gasteiger partial charge in [0.05, 0.1) is 6.10 Å². The summed E-state index contributed by atoms with van der Waals surface area (Å²) in [5.41, 5.74) is 5.88. The molecule has 2 aromatic rings. The van der Waals surface area contributed by atoms with E-state index in [1.165, 1.54) is 11.1 Å². The van der Waals surface area contributed by atoms with Gasteiger partial charge in [-0.05, 0) is 48.9 Å². The fourth-order valence-electron chi connectivity index (χ4n) is 4.66. The maximum atomic E-state index is 13.2.